The molecule has 3 amide bonds. The molecule has 4 rings (SSSR count). The number of carbonyl (C=O) groups excluding carboxylic acids is 4. The van der Waals surface area contributed by atoms with E-state index in [1.807, 2.05) is 44.2 Å². The van der Waals surface area contributed by atoms with Crippen molar-refractivity contribution in [1.29, 1.82) is 0 Å². The zero-order valence-corrected chi connectivity index (χ0v) is 27.8. The van der Waals surface area contributed by atoms with Crippen molar-refractivity contribution >= 4 is 39.6 Å². The van der Waals surface area contributed by atoms with Crippen molar-refractivity contribution in [2.24, 2.45) is 11.8 Å². The van der Waals surface area contributed by atoms with Gasteiger partial charge in [-0.15, -0.1) is 13.2 Å². The number of hydrogen-bond acceptors (Lipinski definition) is 7. The SMILES string of the molecule is C=CCCC(=O)NC[C@H](OC(=O)[C@H]1[C@@H]2O[C@@]3(CC2Br)[C@@H]1C(=O)N([C@@H](CC)CO)[C@@H]3C(=O)N(CC=C)CCCC)c1ccccc1. The van der Waals surface area contributed by atoms with E-state index in [1.54, 1.807) is 17.1 Å². The number of amides is 3. The largest absolute Gasteiger partial charge is 0.455 e. The van der Waals surface area contributed by atoms with Gasteiger partial charge in [-0.25, -0.2) is 0 Å². The van der Waals surface area contributed by atoms with Crippen LogP contribution in [0.4, 0.5) is 0 Å². The topological polar surface area (TPSA) is 125 Å². The van der Waals surface area contributed by atoms with Crippen LogP contribution in [0.1, 0.15) is 64.0 Å². The fraction of sp³-hybridized carbons (Fsp3) is 0.588. The smallest absolute Gasteiger partial charge is 0.313 e. The third-order valence-corrected chi connectivity index (χ3v) is 10.1. The summed E-state index contributed by atoms with van der Waals surface area (Å²) in [5, 5.41) is 13.2. The van der Waals surface area contributed by atoms with Crippen LogP contribution in [0, 0.1) is 11.8 Å². The molecule has 3 aliphatic heterocycles. The molecular weight excluding hydrogens is 642 g/mol. The molecule has 3 heterocycles. The molecule has 8 atom stereocenters. The quantitative estimate of drug-likeness (QED) is 0.145. The Morgan fingerprint density at radius 1 is 1.24 bits per heavy atom. The van der Waals surface area contributed by atoms with Crippen LogP contribution >= 0.6 is 15.9 Å². The number of alkyl halides is 1. The van der Waals surface area contributed by atoms with Crippen LogP contribution in [0.3, 0.4) is 0 Å². The lowest BCUT2D eigenvalue weighted by Crippen LogP contribution is -2.59. The van der Waals surface area contributed by atoms with E-state index in [1.165, 1.54) is 4.90 Å². The summed E-state index contributed by atoms with van der Waals surface area (Å²) in [6, 6.07) is 7.48. The Kier molecular flexibility index (Phi) is 12.0. The number of carbonyl (C=O) groups is 4. The lowest BCUT2D eigenvalue weighted by Gasteiger charge is -2.39. The third kappa shape index (κ3) is 6.90. The summed E-state index contributed by atoms with van der Waals surface area (Å²) >= 11 is 3.70. The highest BCUT2D eigenvalue weighted by molar-refractivity contribution is 9.09. The second kappa shape index (κ2) is 15.5. The fourth-order valence-corrected chi connectivity index (χ4v) is 7.98. The summed E-state index contributed by atoms with van der Waals surface area (Å²) in [4.78, 5) is 58.2. The summed E-state index contributed by atoms with van der Waals surface area (Å²) in [5.74, 6) is -3.44. The molecule has 0 aliphatic carbocycles. The molecule has 1 aromatic rings. The minimum atomic E-state index is -1.27. The highest BCUT2D eigenvalue weighted by Crippen LogP contribution is 2.61. The Bertz CT molecular complexity index is 1240. The van der Waals surface area contributed by atoms with Gasteiger partial charge in [0, 0.05) is 24.3 Å². The number of rotatable bonds is 17. The molecule has 2 bridgehead atoms. The number of allylic oxidation sites excluding steroid dienone is 1. The van der Waals surface area contributed by atoms with Crippen molar-refractivity contribution in [3.8, 4) is 0 Å². The van der Waals surface area contributed by atoms with Gasteiger partial charge in [0.25, 0.3) is 0 Å². The fourth-order valence-electron chi connectivity index (χ4n) is 7.03. The lowest BCUT2D eigenvalue weighted by atomic mass is 9.70. The first kappa shape index (κ1) is 34.8. The Morgan fingerprint density at radius 2 is 1.98 bits per heavy atom. The molecule has 0 aromatic heterocycles. The molecule has 1 spiro atoms. The van der Waals surface area contributed by atoms with Crippen LogP contribution in [-0.4, -0.2) is 93.5 Å². The first-order chi connectivity index (χ1) is 21.7. The monoisotopic (exact) mass is 687 g/mol. The molecule has 3 aliphatic rings. The maximum absolute atomic E-state index is 14.4. The predicted octanol–water partition coefficient (Wildman–Crippen LogP) is 3.69. The number of ether oxygens (including phenoxy) is 2. The van der Waals surface area contributed by atoms with E-state index in [0.717, 1.165) is 12.8 Å². The van der Waals surface area contributed by atoms with Crippen molar-refractivity contribution in [3.05, 3.63) is 61.2 Å². The van der Waals surface area contributed by atoms with Crippen LogP contribution in [0.15, 0.2) is 55.6 Å². The Labute approximate surface area is 274 Å². The standard InChI is InChI=1S/C34H46BrN3O7/c1-5-9-16-26(40)36-20-25(22-14-12-11-13-15-22)44-33(43)27-28-31(41)38(23(8-4)21-39)30(34(28)19-24(35)29(27)45-34)32(42)37(17-7-3)18-10-6-2/h5,7,11-15,23-25,27-30,39H,1,3,6,8-10,16-21H2,2,4H3,(H,36,40)/t23-,24?,25-,27+,28-,29+,30+,34-/m0/s1. The molecule has 2 N–H and O–H groups in total. The lowest BCUT2D eigenvalue weighted by molar-refractivity contribution is -0.161. The number of likely N-dealkylation sites (tertiary alicyclic amines) is 1. The van der Waals surface area contributed by atoms with Crippen LogP contribution in [0.2, 0.25) is 0 Å². The van der Waals surface area contributed by atoms with Gasteiger partial charge in [-0.1, -0.05) is 78.7 Å². The molecule has 45 heavy (non-hydrogen) atoms. The zero-order valence-electron chi connectivity index (χ0n) is 26.2. The van der Waals surface area contributed by atoms with Crippen molar-refractivity contribution in [2.75, 3.05) is 26.2 Å². The van der Waals surface area contributed by atoms with Gasteiger partial charge in [-0.05, 0) is 31.2 Å². The van der Waals surface area contributed by atoms with Crippen molar-refractivity contribution < 1.29 is 33.8 Å². The summed E-state index contributed by atoms with van der Waals surface area (Å²) in [7, 11) is 0. The van der Waals surface area contributed by atoms with E-state index in [9.17, 15) is 24.3 Å². The van der Waals surface area contributed by atoms with Gasteiger partial charge in [0.15, 0.2) is 0 Å². The second-order valence-corrected chi connectivity index (χ2v) is 13.2. The van der Waals surface area contributed by atoms with Crippen LogP contribution in [-0.2, 0) is 28.7 Å². The van der Waals surface area contributed by atoms with Crippen molar-refractivity contribution in [3.63, 3.8) is 0 Å². The number of nitrogens with one attached hydrogen (secondary N) is 1. The average Bonchev–Trinajstić information content (AvgIpc) is 3.64. The van der Waals surface area contributed by atoms with Crippen LogP contribution in [0.25, 0.3) is 0 Å². The Balaban J connectivity index is 1.68. The van der Waals surface area contributed by atoms with Crippen LogP contribution < -0.4 is 5.32 Å². The molecule has 0 saturated carbocycles. The van der Waals surface area contributed by atoms with E-state index in [-0.39, 0.29) is 42.1 Å². The maximum atomic E-state index is 14.4. The first-order valence-corrected chi connectivity index (χ1v) is 16.9. The molecule has 10 nitrogen and oxygen atoms in total. The van der Waals surface area contributed by atoms with Crippen molar-refractivity contribution in [1.82, 2.24) is 15.1 Å². The van der Waals surface area contributed by atoms with Gasteiger partial charge >= 0.3 is 5.97 Å². The number of unbranched alkanes of at least 4 members (excludes halogenated alkanes) is 1. The number of hydrogen-bond donors (Lipinski definition) is 2. The van der Waals surface area contributed by atoms with Gasteiger partial charge in [0.05, 0.1) is 37.1 Å². The molecule has 246 valence electrons. The zero-order chi connectivity index (χ0) is 32.7. The number of aliphatic hydroxyl groups excluding tert-OH is 1. The van der Waals surface area contributed by atoms with Crippen LogP contribution in [0.5, 0.6) is 0 Å². The van der Waals surface area contributed by atoms with E-state index in [4.69, 9.17) is 9.47 Å². The molecule has 3 saturated heterocycles. The first-order valence-electron chi connectivity index (χ1n) is 16.0. The number of esters is 1. The van der Waals surface area contributed by atoms with Gasteiger partial charge in [0.2, 0.25) is 17.7 Å². The Morgan fingerprint density at radius 3 is 2.60 bits per heavy atom. The molecule has 1 aromatic carbocycles. The molecule has 0 radical (unpaired) electrons. The highest BCUT2D eigenvalue weighted by atomic mass is 79.9. The molecule has 11 heteroatoms. The third-order valence-electron chi connectivity index (χ3n) is 9.24. The average molecular weight is 689 g/mol. The normalized spacial score (nSPS) is 27.9. The molecule has 3 fully saturated rings. The van der Waals surface area contributed by atoms with E-state index >= 15 is 0 Å². The minimum absolute atomic E-state index is 0.0507. The number of fused-ring (bicyclic) bond motifs is 1. The van der Waals surface area contributed by atoms with Gasteiger partial charge in [-0.3, -0.25) is 19.2 Å². The van der Waals surface area contributed by atoms with Gasteiger partial charge in [0.1, 0.15) is 17.7 Å². The Hall–Kier alpha value is -3.02. The van der Waals surface area contributed by atoms with Gasteiger partial charge in [-0.2, -0.15) is 0 Å². The number of aliphatic hydroxyl groups is 1. The highest BCUT2D eigenvalue weighted by Gasteiger charge is 2.77. The summed E-state index contributed by atoms with van der Waals surface area (Å²) in [5.41, 5.74) is -0.578. The summed E-state index contributed by atoms with van der Waals surface area (Å²) < 4.78 is 12.7. The minimum Gasteiger partial charge on any atom is -0.455 e. The molecular formula is C34H46BrN3O7. The van der Waals surface area contributed by atoms with Crippen molar-refractivity contribution in [2.45, 2.75) is 87.1 Å². The number of benzene rings is 1. The van der Waals surface area contributed by atoms with Gasteiger partial charge < -0.3 is 29.7 Å². The maximum Gasteiger partial charge on any atom is 0.313 e. The van der Waals surface area contributed by atoms with E-state index < -0.39 is 47.7 Å². The molecule has 1 unspecified atom stereocenters. The number of halogens is 1. The number of nitrogens with zero attached hydrogens (tertiary/aromatic N) is 2. The second-order valence-electron chi connectivity index (χ2n) is 12.0. The van der Waals surface area contributed by atoms with E-state index in [0.29, 0.717) is 37.9 Å². The predicted molar refractivity (Wildman–Crippen MR) is 173 cm³/mol. The summed E-state index contributed by atoms with van der Waals surface area (Å²) in [6.45, 7) is 11.9. The van der Waals surface area contributed by atoms with E-state index in [2.05, 4.69) is 34.4 Å². The summed E-state index contributed by atoms with van der Waals surface area (Å²) in [6.07, 6.45) is 5.03.